The molecule has 0 aromatic heterocycles. The number of thiocarbonyl (C=S) groups is 1. The van der Waals surface area contributed by atoms with E-state index in [0.717, 1.165) is 4.47 Å². The largest absolute Gasteiger partial charge is 0.493 e. The summed E-state index contributed by atoms with van der Waals surface area (Å²) in [7, 11) is 0. The van der Waals surface area contributed by atoms with Crippen molar-refractivity contribution in [3.63, 3.8) is 0 Å². The number of hydrogen-bond donors (Lipinski definition) is 2. The second-order valence-electron chi connectivity index (χ2n) is 3.91. The van der Waals surface area contributed by atoms with E-state index in [1.807, 2.05) is 13.0 Å². The molecule has 104 valence electrons. The fraction of sp³-hybridized carbons (Fsp3) is 0.154. The topological polar surface area (TPSA) is 67.4 Å². The lowest BCUT2D eigenvalue weighted by Crippen LogP contribution is -2.51. The first-order chi connectivity index (χ1) is 9.51. The predicted octanol–water partition coefficient (Wildman–Crippen LogP) is 1.76. The Morgan fingerprint density at radius 2 is 1.95 bits per heavy atom. The number of ether oxygens (including phenoxy) is 1. The molecule has 1 aromatic carbocycles. The van der Waals surface area contributed by atoms with Crippen LogP contribution in [0.15, 0.2) is 28.2 Å². The molecule has 20 heavy (non-hydrogen) atoms. The lowest BCUT2D eigenvalue weighted by molar-refractivity contribution is -0.123. The van der Waals surface area contributed by atoms with Crippen molar-refractivity contribution in [2.24, 2.45) is 0 Å². The highest BCUT2D eigenvalue weighted by Gasteiger charge is 2.26. The van der Waals surface area contributed by atoms with Crippen molar-refractivity contribution in [1.82, 2.24) is 10.6 Å². The summed E-state index contributed by atoms with van der Waals surface area (Å²) in [4.78, 5) is 23.6. The molecule has 2 N–H and O–H groups in total. The predicted molar refractivity (Wildman–Crippen MR) is 82.2 cm³/mol. The van der Waals surface area contributed by atoms with Crippen molar-refractivity contribution in [3.8, 4) is 5.75 Å². The smallest absolute Gasteiger partial charge is 0.263 e. The molecule has 7 heteroatoms. The Labute approximate surface area is 129 Å². The van der Waals surface area contributed by atoms with Crippen LogP contribution < -0.4 is 15.4 Å². The Bertz CT molecular complexity index is 606. The van der Waals surface area contributed by atoms with Gasteiger partial charge in [0.15, 0.2) is 5.11 Å². The SMILES string of the molecule is CCOc1ccc(Br)cc1C=C1C(=O)NC(=S)NC1=O. The average Bonchev–Trinajstić information content (AvgIpc) is 2.37. The Morgan fingerprint density at radius 3 is 2.55 bits per heavy atom. The van der Waals surface area contributed by atoms with E-state index in [-0.39, 0.29) is 10.7 Å². The zero-order valence-corrected chi connectivity index (χ0v) is 12.9. The van der Waals surface area contributed by atoms with E-state index in [2.05, 4.69) is 26.6 Å². The first-order valence-corrected chi connectivity index (χ1v) is 7.02. The van der Waals surface area contributed by atoms with Crippen LogP contribution in [0.4, 0.5) is 0 Å². The minimum Gasteiger partial charge on any atom is -0.493 e. The van der Waals surface area contributed by atoms with Gasteiger partial charge in [0.2, 0.25) is 0 Å². The molecule has 0 unspecified atom stereocenters. The maximum absolute atomic E-state index is 11.8. The summed E-state index contributed by atoms with van der Waals surface area (Å²) in [6, 6.07) is 5.36. The average molecular weight is 355 g/mol. The van der Waals surface area contributed by atoms with Crippen molar-refractivity contribution in [2.75, 3.05) is 6.61 Å². The van der Waals surface area contributed by atoms with Gasteiger partial charge in [0, 0.05) is 10.0 Å². The summed E-state index contributed by atoms with van der Waals surface area (Å²) in [6.07, 6.45) is 1.47. The molecular weight excluding hydrogens is 344 g/mol. The van der Waals surface area contributed by atoms with Gasteiger partial charge in [-0.15, -0.1) is 0 Å². The lowest BCUT2D eigenvalue weighted by Gasteiger charge is -2.17. The summed E-state index contributed by atoms with van der Waals surface area (Å²) in [6.45, 7) is 2.34. The summed E-state index contributed by atoms with van der Waals surface area (Å²) in [5, 5.41) is 4.78. The molecule has 1 heterocycles. The summed E-state index contributed by atoms with van der Waals surface area (Å²) in [5.41, 5.74) is 0.618. The van der Waals surface area contributed by atoms with Crippen LogP contribution in [0, 0.1) is 0 Å². The standard InChI is InChI=1S/C13H11BrN2O3S/c1-2-19-10-4-3-8(14)5-7(10)6-9-11(17)15-13(20)16-12(9)18/h3-6H,2H2,1H3,(H2,15,16,17,18,20). The third kappa shape index (κ3) is 3.23. The fourth-order valence-corrected chi connectivity index (χ4v) is 2.25. The molecule has 1 aromatic rings. The van der Waals surface area contributed by atoms with Crippen molar-refractivity contribution in [3.05, 3.63) is 33.8 Å². The monoisotopic (exact) mass is 354 g/mol. The number of carbonyl (C=O) groups is 2. The molecular formula is C13H11BrN2O3S. The summed E-state index contributed by atoms with van der Waals surface area (Å²) < 4.78 is 6.29. The van der Waals surface area contributed by atoms with Crippen molar-refractivity contribution in [1.29, 1.82) is 0 Å². The van der Waals surface area contributed by atoms with Crippen LogP contribution in [-0.4, -0.2) is 23.5 Å². The molecule has 0 saturated carbocycles. The van der Waals surface area contributed by atoms with Gasteiger partial charge in [0.1, 0.15) is 11.3 Å². The van der Waals surface area contributed by atoms with E-state index < -0.39 is 11.8 Å². The first-order valence-electron chi connectivity index (χ1n) is 5.82. The summed E-state index contributed by atoms with van der Waals surface area (Å²) >= 11 is 8.09. The van der Waals surface area contributed by atoms with Gasteiger partial charge in [-0.25, -0.2) is 0 Å². The molecule has 1 fully saturated rings. The highest BCUT2D eigenvalue weighted by atomic mass is 79.9. The molecule has 2 rings (SSSR count). The first kappa shape index (κ1) is 14.7. The number of rotatable bonds is 3. The number of amides is 2. The van der Waals surface area contributed by atoms with Crippen molar-refractivity contribution in [2.45, 2.75) is 6.92 Å². The number of halogens is 1. The minimum absolute atomic E-state index is 0.0106. The van der Waals surface area contributed by atoms with Crippen LogP contribution in [0.25, 0.3) is 6.08 Å². The number of hydrogen-bond acceptors (Lipinski definition) is 4. The third-order valence-corrected chi connectivity index (χ3v) is 3.21. The fourth-order valence-electron chi connectivity index (χ4n) is 1.68. The Hall–Kier alpha value is -1.73. The highest BCUT2D eigenvalue weighted by Crippen LogP contribution is 2.26. The minimum atomic E-state index is -0.527. The zero-order valence-electron chi connectivity index (χ0n) is 10.5. The van der Waals surface area contributed by atoms with E-state index in [4.69, 9.17) is 17.0 Å². The molecule has 0 spiro atoms. The Morgan fingerprint density at radius 1 is 1.30 bits per heavy atom. The molecule has 1 aliphatic heterocycles. The van der Waals surface area contributed by atoms with Gasteiger partial charge in [-0.2, -0.15) is 0 Å². The van der Waals surface area contributed by atoms with Gasteiger partial charge >= 0.3 is 0 Å². The van der Waals surface area contributed by atoms with Crippen molar-refractivity contribution < 1.29 is 14.3 Å². The molecule has 0 radical (unpaired) electrons. The van der Waals surface area contributed by atoms with Gasteiger partial charge in [0.25, 0.3) is 11.8 Å². The zero-order chi connectivity index (χ0) is 14.7. The van der Waals surface area contributed by atoms with Gasteiger partial charge < -0.3 is 4.74 Å². The van der Waals surface area contributed by atoms with E-state index in [1.54, 1.807) is 12.1 Å². The second kappa shape index (κ2) is 6.15. The van der Waals surface area contributed by atoms with Crippen LogP contribution in [0.1, 0.15) is 12.5 Å². The van der Waals surface area contributed by atoms with Crippen LogP contribution >= 0.6 is 28.1 Å². The molecule has 1 saturated heterocycles. The molecule has 2 amide bonds. The molecule has 1 aliphatic rings. The number of benzene rings is 1. The van der Waals surface area contributed by atoms with Crippen LogP contribution in [0.5, 0.6) is 5.75 Å². The highest BCUT2D eigenvalue weighted by molar-refractivity contribution is 9.10. The van der Waals surface area contributed by atoms with Gasteiger partial charge in [-0.05, 0) is 43.4 Å². The molecule has 0 bridgehead atoms. The maximum Gasteiger partial charge on any atom is 0.263 e. The van der Waals surface area contributed by atoms with Gasteiger partial charge in [-0.1, -0.05) is 15.9 Å². The second-order valence-corrected chi connectivity index (χ2v) is 5.23. The quantitative estimate of drug-likeness (QED) is 0.493. The van der Waals surface area contributed by atoms with Crippen LogP contribution in [-0.2, 0) is 9.59 Å². The molecule has 5 nitrogen and oxygen atoms in total. The van der Waals surface area contributed by atoms with E-state index in [0.29, 0.717) is 17.9 Å². The maximum atomic E-state index is 11.8. The lowest BCUT2D eigenvalue weighted by atomic mass is 10.1. The van der Waals surface area contributed by atoms with E-state index >= 15 is 0 Å². The normalized spacial score (nSPS) is 14.7. The van der Waals surface area contributed by atoms with Crippen LogP contribution in [0.3, 0.4) is 0 Å². The van der Waals surface area contributed by atoms with Gasteiger partial charge in [0.05, 0.1) is 6.61 Å². The number of nitrogens with one attached hydrogen (secondary N) is 2. The van der Waals surface area contributed by atoms with Crippen LogP contribution in [0.2, 0.25) is 0 Å². The Balaban J connectivity index is 2.43. The molecule has 0 aliphatic carbocycles. The summed E-state index contributed by atoms with van der Waals surface area (Å²) in [5.74, 6) is -0.459. The van der Waals surface area contributed by atoms with Crippen molar-refractivity contribution >= 4 is 51.2 Å². The Kier molecular flexibility index (Phi) is 4.51. The van der Waals surface area contributed by atoms with Gasteiger partial charge in [-0.3, -0.25) is 20.2 Å². The number of carbonyl (C=O) groups excluding carboxylic acids is 2. The van der Waals surface area contributed by atoms with E-state index in [9.17, 15) is 9.59 Å². The third-order valence-electron chi connectivity index (χ3n) is 2.51. The molecule has 0 atom stereocenters. The van der Waals surface area contributed by atoms with E-state index in [1.165, 1.54) is 6.08 Å².